The molecule has 2 aromatic carbocycles. The summed E-state index contributed by atoms with van der Waals surface area (Å²) in [5.41, 5.74) is 11.8. The summed E-state index contributed by atoms with van der Waals surface area (Å²) in [6.45, 7) is 1.55. The van der Waals surface area contributed by atoms with Crippen molar-refractivity contribution in [1.29, 1.82) is 0 Å². The Balaban J connectivity index is 1.76. The lowest BCUT2D eigenvalue weighted by Gasteiger charge is -2.18. The van der Waals surface area contributed by atoms with E-state index in [4.69, 9.17) is 20.2 Å². The van der Waals surface area contributed by atoms with Crippen LogP contribution in [0.2, 0.25) is 0 Å². The van der Waals surface area contributed by atoms with E-state index in [1.807, 2.05) is 42.6 Å². The number of hydrogen-bond donors (Lipinski definition) is 1. The first-order valence-corrected chi connectivity index (χ1v) is 9.80. The Kier molecular flexibility index (Phi) is 5.59. The summed E-state index contributed by atoms with van der Waals surface area (Å²) in [6.07, 6.45) is 1.93. The van der Waals surface area contributed by atoms with E-state index in [9.17, 15) is 0 Å². The predicted octanol–water partition coefficient (Wildman–Crippen LogP) is 4.23. The van der Waals surface area contributed by atoms with E-state index >= 15 is 0 Å². The molecule has 4 rings (SSSR count). The average Bonchev–Trinajstić information content (AvgIpc) is 3.11. The second kappa shape index (κ2) is 8.47. The molecule has 0 atom stereocenters. The van der Waals surface area contributed by atoms with Crippen molar-refractivity contribution in [2.45, 2.75) is 13.1 Å². The lowest BCUT2D eigenvalue weighted by Crippen LogP contribution is -2.18. The van der Waals surface area contributed by atoms with E-state index in [1.165, 1.54) is 5.56 Å². The minimum absolute atomic E-state index is 0.676. The van der Waals surface area contributed by atoms with Crippen LogP contribution in [0.3, 0.4) is 0 Å². The van der Waals surface area contributed by atoms with E-state index in [2.05, 4.69) is 40.6 Å². The maximum Gasteiger partial charge on any atom is 0.161 e. The van der Waals surface area contributed by atoms with Crippen molar-refractivity contribution in [2.75, 3.05) is 27.0 Å². The fraction of sp³-hybridized carbons (Fsp3) is 0.208. The second-order valence-corrected chi connectivity index (χ2v) is 7.33. The van der Waals surface area contributed by atoms with Gasteiger partial charge in [0.15, 0.2) is 11.5 Å². The zero-order valence-corrected chi connectivity index (χ0v) is 17.5. The lowest BCUT2D eigenvalue weighted by molar-refractivity contribution is 0.314. The molecule has 154 valence electrons. The van der Waals surface area contributed by atoms with Crippen molar-refractivity contribution in [2.24, 2.45) is 0 Å². The number of fused-ring (bicyclic) bond motifs is 1. The molecule has 0 unspecified atom stereocenters. The number of hydrogen-bond acceptors (Lipinski definition) is 5. The first-order chi connectivity index (χ1) is 14.6. The van der Waals surface area contributed by atoms with Gasteiger partial charge in [0.05, 0.1) is 25.6 Å². The molecule has 0 saturated heterocycles. The van der Waals surface area contributed by atoms with Gasteiger partial charge in [-0.3, -0.25) is 4.90 Å². The molecule has 2 aromatic heterocycles. The van der Waals surface area contributed by atoms with Crippen LogP contribution < -0.4 is 15.2 Å². The number of ether oxygens (including phenoxy) is 2. The molecule has 0 fully saturated rings. The Morgan fingerprint density at radius 2 is 1.70 bits per heavy atom. The third-order valence-corrected chi connectivity index (χ3v) is 5.11. The van der Waals surface area contributed by atoms with Gasteiger partial charge in [-0.2, -0.15) is 0 Å². The Morgan fingerprint density at radius 1 is 0.933 bits per heavy atom. The highest BCUT2D eigenvalue weighted by molar-refractivity contribution is 5.70. The summed E-state index contributed by atoms with van der Waals surface area (Å²) in [6, 6.07) is 20.1. The summed E-state index contributed by atoms with van der Waals surface area (Å²) < 4.78 is 13.0. The summed E-state index contributed by atoms with van der Waals surface area (Å²) in [5.74, 6) is 1.37. The van der Waals surface area contributed by atoms with Crippen molar-refractivity contribution in [1.82, 2.24) is 14.3 Å². The number of benzene rings is 2. The molecular weight excluding hydrogens is 376 g/mol. The Bertz CT molecular complexity index is 1150. The van der Waals surface area contributed by atoms with Crippen LogP contribution in [0.25, 0.3) is 16.9 Å². The van der Waals surface area contributed by atoms with Crippen LogP contribution in [-0.2, 0) is 13.1 Å². The molecule has 4 aromatic rings. The van der Waals surface area contributed by atoms with Crippen molar-refractivity contribution >= 4 is 11.3 Å². The number of aromatic nitrogens is 2. The second-order valence-electron chi connectivity index (χ2n) is 7.33. The molecule has 2 heterocycles. The molecule has 30 heavy (non-hydrogen) atoms. The molecule has 6 nitrogen and oxygen atoms in total. The highest BCUT2D eigenvalue weighted by Gasteiger charge is 2.18. The highest BCUT2D eigenvalue weighted by Crippen LogP contribution is 2.34. The molecule has 2 N–H and O–H groups in total. The quantitative estimate of drug-likeness (QED) is 0.501. The summed E-state index contributed by atoms with van der Waals surface area (Å²) in [5, 5.41) is 0. The molecule has 0 bridgehead atoms. The molecule has 0 aliphatic rings. The number of methoxy groups -OCH3 is 2. The van der Waals surface area contributed by atoms with Gasteiger partial charge in [-0.15, -0.1) is 0 Å². The van der Waals surface area contributed by atoms with Crippen molar-refractivity contribution in [3.05, 3.63) is 78.1 Å². The monoisotopic (exact) mass is 402 g/mol. The van der Waals surface area contributed by atoms with Crippen LogP contribution in [0.1, 0.15) is 11.3 Å². The maximum atomic E-state index is 6.08. The zero-order chi connectivity index (χ0) is 21.1. The maximum absolute atomic E-state index is 6.08. The standard InChI is InChI=1S/C24H26N4O2/c1-27(14-17-7-5-4-6-8-17)16-20-24(26-23-12-10-19(25)15-28(20)23)18-9-11-21(29-2)22(13-18)30-3/h4-13,15H,14,16,25H2,1-3H3. The van der Waals surface area contributed by atoms with E-state index < -0.39 is 0 Å². The predicted molar refractivity (Wildman–Crippen MR) is 120 cm³/mol. The molecule has 0 aliphatic heterocycles. The first kappa shape index (κ1) is 19.8. The fourth-order valence-corrected chi connectivity index (χ4v) is 3.68. The number of nitrogens with two attached hydrogens (primary N) is 1. The topological polar surface area (TPSA) is 65.0 Å². The van der Waals surface area contributed by atoms with Gasteiger partial charge in [0.25, 0.3) is 0 Å². The van der Waals surface area contributed by atoms with Crippen LogP contribution in [0.5, 0.6) is 11.5 Å². The van der Waals surface area contributed by atoms with Crippen LogP contribution >= 0.6 is 0 Å². The Labute approximate surface area is 176 Å². The van der Waals surface area contributed by atoms with Gasteiger partial charge in [-0.1, -0.05) is 30.3 Å². The van der Waals surface area contributed by atoms with Gasteiger partial charge in [-0.05, 0) is 42.9 Å². The Morgan fingerprint density at radius 3 is 2.43 bits per heavy atom. The summed E-state index contributed by atoms with van der Waals surface area (Å²) in [7, 11) is 5.38. The zero-order valence-electron chi connectivity index (χ0n) is 17.5. The highest BCUT2D eigenvalue weighted by atomic mass is 16.5. The van der Waals surface area contributed by atoms with E-state index in [0.29, 0.717) is 23.7 Å². The van der Waals surface area contributed by atoms with E-state index in [-0.39, 0.29) is 0 Å². The molecule has 0 radical (unpaired) electrons. The SMILES string of the molecule is COc1ccc(-c2nc3ccc(N)cn3c2CN(C)Cc2ccccc2)cc1OC. The minimum Gasteiger partial charge on any atom is -0.493 e. The van der Waals surface area contributed by atoms with Crippen LogP contribution in [-0.4, -0.2) is 35.6 Å². The normalized spacial score (nSPS) is 11.2. The van der Waals surface area contributed by atoms with Crippen molar-refractivity contribution < 1.29 is 9.47 Å². The van der Waals surface area contributed by atoms with Crippen LogP contribution in [0.15, 0.2) is 66.9 Å². The molecule has 0 amide bonds. The third kappa shape index (κ3) is 3.95. The molecule has 0 aliphatic carbocycles. The fourth-order valence-electron chi connectivity index (χ4n) is 3.68. The molecular formula is C24H26N4O2. The van der Waals surface area contributed by atoms with E-state index in [1.54, 1.807) is 14.2 Å². The van der Waals surface area contributed by atoms with Gasteiger partial charge in [0.2, 0.25) is 0 Å². The third-order valence-electron chi connectivity index (χ3n) is 5.11. The largest absolute Gasteiger partial charge is 0.493 e. The number of nitrogens with zero attached hydrogens (tertiary/aromatic N) is 3. The van der Waals surface area contributed by atoms with Gasteiger partial charge >= 0.3 is 0 Å². The Hall–Kier alpha value is -3.51. The van der Waals surface area contributed by atoms with Gasteiger partial charge in [0.1, 0.15) is 5.65 Å². The van der Waals surface area contributed by atoms with Crippen molar-refractivity contribution in [3.8, 4) is 22.8 Å². The smallest absolute Gasteiger partial charge is 0.161 e. The van der Waals surface area contributed by atoms with Gasteiger partial charge in [-0.25, -0.2) is 4.98 Å². The summed E-state index contributed by atoms with van der Waals surface area (Å²) in [4.78, 5) is 7.17. The van der Waals surface area contributed by atoms with Crippen molar-refractivity contribution in [3.63, 3.8) is 0 Å². The number of nitrogen functional groups attached to an aromatic ring is 1. The van der Waals surface area contributed by atoms with Crippen LogP contribution in [0, 0.1) is 0 Å². The molecule has 0 saturated carbocycles. The molecule has 0 spiro atoms. The number of rotatable bonds is 7. The van der Waals surface area contributed by atoms with Gasteiger partial charge in [0, 0.05) is 30.5 Å². The molecule has 6 heteroatoms. The number of imidazole rings is 1. The number of anilines is 1. The van der Waals surface area contributed by atoms with Gasteiger partial charge < -0.3 is 19.6 Å². The number of pyridine rings is 1. The minimum atomic E-state index is 0.676. The van der Waals surface area contributed by atoms with Crippen LogP contribution in [0.4, 0.5) is 5.69 Å². The summed E-state index contributed by atoms with van der Waals surface area (Å²) >= 11 is 0. The van der Waals surface area contributed by atoms with E-state index in [0.717, 1.165) is 29.1 Å². The lowest BCUT2D eigenvalue weighted by atomic mass is 10.1. The average molecular weight is 402 g/mol. The first-order valence-electron chi connectivity index (χ1n) is 9.80.